The summed E-state index contributed by atoms with van der Waals surface area (Å²) in [6.07, 6.45) is -0.326. The van der Waals surface area contributed by atoms with Crippen molar-refractivity contribution in [2.75, 3.05) is 6.54 Å². The van der Waals surface area contributed by atoms with Crippen molar-refractivity contribution in [1.82, 2.24) is 5.32 Å². The zero-order valence-electron chi connectivity index (χ0n) is 8.22. The van der Waals surface area contributed by atoms with Crippen LogP contribution in [0.1, 0.15) is 20.8 Å². The van der Waals surface area contributed by atoms with E-state index in [4.69, 9.17) is 4.74 Å². The van der Waals surface area contributed by atoms with Crippen molar-refractivity contribution in [2.24, 2.45) is 0 Å². The van der Waals surface area contributed by atoms with E-state index in [-0.39, 0.29) is 12.0 Å². The first-order valence-corrected chi connectivity index (χ1v) is 4.04. The Kier molecular flexibility index (Phi) is 4.80. The van der Waals surface area contributed by atoms with Crippen LogP contribution in [0, 0.1) is 0 Å². The Morgan fingerprint density at radius 3 is 2.38 bits per heavy atom. The van der Waals surface area contributed by atoms with Crippen molar-refractivity contribution in [1.29, 1.82) is 0 Å². The minimum Gasteiger partial charge on any atom is -0.457 e. The molecule has 0 fully saturated rings. The molecule has 0 saturated heterocycles. The molecule has 0 saturated carbocycles. The lowest BCUT2D eigenvalue weighted by Crippen LogP contribution is -2.31. The van der Waals surface area contributed by atoms with Gasteiger partial charge in [-0.3, -0.25) is 4.79 Å². The summed E-state index contributed by atoms with van der Waals surface area (Å²) in [6, 6.07) is 0. The molecule has 0 aromatic rings. The topological polar surface area (TPSA) is 55.4 Å². The van der Waals surface area contributed by atoms with Crippen LogP contribution in [-0.2, 0) is 14.3 Å². The number of nitrogens with one attached hydrogen (secondary N) is 1. The molecule has 0 bridgehead atoms. The number of amides is 1. The lowest BCUT2D eigenvalue weighted by molar-refractivity contribution is -0.143. The lowest BCUT2D eigenvalue weighted by atomic mass is 10.3. The van der Waals surface area contributed by atoms with Crippen LogP contribution in [0.4, 0.5) is 0 Å². The molecule has 1 N–H and O–H groups in total. The maximum absolute atomic E-state index is 11.0. The Hall–Kier alpha value is -1.32. The van der Waals surface area contributed by atoms with Crippen LogP contribution in [0.15, 0.2) is 12.2 Å². The van der Waals surface area contributed by atoms with Gasteiger partial charge in [0.15, 0.2) is 0 Å². The highest BCUT2D eigenvalue weighted by Crippen LogP contribution is 1.96. The second-order valence-corrected chi connectivity index (χ2v) is 2.93. The quantitative estimate of drug-likeness (QED) is 0.516. The van der Waals surface area contributed by atoms with E-state index in [1.165, 1.54) is 6.92 Å². The van der Waals surface area contributed by atoms with Crippen LogP contribution in [0.3, 0.4) is 0 Å². The summed E-state index contributed by atoms with van der Waals surface area (Å²) in [5.41, 5.74) is 0.356. The van der Waals surface area contributed by atoms with Crippen molar-refractivity contribution in [3.63, 3.8) is 0 Å². The SMILES string of the molecule is C=C(C)C(=O)OC(C)CNC(C)=O. The van der Waals surface area contributed by atoms with Gasteiger partial charge in [-0.1, -0.05) is 6.58 Å². The van der Waals surface area contributed by atoms with Gasteiger partial charge in [-0.25, -0.2) is 4.79 Å². The largest absolute Gasteiger partial charge is 0.457 e. The Balaban J connectivity index is 3.74. The summed E-state index contributed by atoms with van der Waals surface area (Å²) >= 11 is 0. The maximum Gasteiger partial charge on any atom is 0.333 e. The molecular formula is C9H15NO3. The fraction of sp³-hybridized carbons (Fsp3) is 0.556. The van der Waals surface area contributed by atoms with Gasteiger partial charge >= 0.3 is 5.97 Å². The summed E-state index contributed by atoms with van der Waals surface area (Å²) in [6.45, 7) is 8.46. The molecule has 0 heterocycles. The maximum atomic E-state index is 11.0. The third-order valence-electron chi connectivity index (χ3n) is 1.30. The van der Waals surface area contributed by atoms with Gasteiger partial charge in [0.1, 0.15) is 6.10 Å². The predicted octanol–water partition coefficient (Wildman–Crippen LogP) is 0.630. The monoisotopic (exact) mass is 185 g/mol. The van der Waals surface area contributed by atoms with E-state index in [1.54, 1.807) is 13.8 Å². The lowest BCUT2D eigenvalue weighted by Gasteiger charge is -2.12. The molecule has 13 heavy (non-hydrogen) atoms. The van der Waals surface area contributed by atoms with Gasteiger partial charge in [-0.2, -0.15) is 0 Å². The molecular weight excluding hydrogens is 170 g/mol. The van der Waals surface area contributed by atoms with Crippen molar-refractivity contribution >= 4 is 11.9 Å². The molecule has 0 radical (unpaired) electrons. The number of rotatable bonds is 4. The minimum absolute atomic E-state index is 0.141. The Morgan fingerprint density at radius 2 is 2.00 bits per heavy atom. The molecule has 74 valence electrons. The van der Waals surface area contributed by atoms with Crippen molar-refractivity contribution in [2.45, 2.75) is 26.9 Å². The fourth-order valence-corrected chi connectivity index (χ4v) is 0.612. The van der Waals surface area contributed by atoms with E-state index in [1.807, 2.05) is 0 Å². The second kappa shape index (κ2) is 5.35. The molecule has 0 spiro atoms. The number of hydrogen-bond donors (Lipinski definition) is 1. The van der Waals surface area contributed by atoms with E-state index < -0.39 is 5.97 Å². The molecule has 0 aliphatic rings. The van der Waals surface area contributed by atoms with Crippen LogP contribution in [0.25, 0.3) is 0 Å². The smallest absolute Gasteiger partial charge is 0.333 e. The van der Waals surface area contributed by atoms with Gasteiger partial charge in [-0.15, -0.1) is 0 Å². The van der Waals surface area contributed by atoms with E-state index in [2.05, 4.69) is 11.9 Å². The first-order valence-electron chi connectivity index (χ1n) is 4.04. The highest BCUT2D eigenvalue weighted by Gasteiger charge is 2.09. The number of esters is 1. The van der Waals surface area contributed by atoms with Crippen molar-refractivity contribution in [3.8, 4) is 0 Å². The van der Waals surface area contributed by atoms with Gasteiger partial charge < -0.3 is 10.1 Å². The Bertz CT molecular complexity index is 223. The third-order valence-corrected chi connectivity index (χ3v) is 1.30. The van der Waals surface area contributed by atoms with Gasteiger partial charge in [0.2, 0.25) is 5.91 Å². The van der Waals surface area contributed by atoms with Gasteiger partial charge in [-0.05, 0) is 13.8 Å². The van der Waals surface area contributed by atoms with Crippen LogP contribution in [-0.4, -0.2) is 24.5 Å². The summed E-state index contributed by atoms with van der Waals surface area (Å²) in [7, 11) is 0. The molecule has 0 aliphatic carbocycles. The van der Waals surface area contributed by atoms with Gasteiger partial charge in [0, 0.05) is 12.5 Å². The van der Waals surface area contributed by atoms with Crippen molar-refractivity contribution in [3.05, 3.63) is 12.2 Å². The summed E-state index contributed by atoms with van der Waals surface area (Å²) < 4.78 is 4.91. The normalized spacial score (nSPS) is 11.6. The van der Waals surface area contributed by atoms with E-state index in [9.17, 15) is 9.59 Å². The van der Waals surface area contributed by atoms with Crippen molar-refractivity contribution < 1.29 is 14.3 Å². The summed E-state index contributed by atoms with van der Waals surface area (Å²) in [4.78, 5) is 21.5. The zero-order valence-corrected chi connectivity index (χ0v) is 8.22. The second-order valence-electron chi connectivity index (χ2n) is 2.93. The zero-order chi connectivity index (χ0) is 10.4. The average Bonchev–Trinajstić information content (AvgIpc) is 2.00. The standard InChI is InChI=1S/C9H15NO3/c1-6(2)9(12)13-7(3)5-10-8(4)11/h7H,1,5H2,2-4H3,(H,10,11). The first-order chi connectivity index (χ1) is 5.93. The Labute approximate surface area is 78.0 Å². The number of carbonyl (C=O) groups is 2. The first kappa shape index (κ1) is 11.7. The van der Waals surface area contributed by atoms with Crippen LogP contribution in [0.2, 0.25) is 0 Å². The number of carbonyl (C=O) groups excluding carboxylic acids is 2. The van der Waals surface area contributed by atoms with Gasteiger partial charge in [0.05, 0.1) is 6.54 Å². The van der Waals surface area contributed by atoms with E-state index >= 15 is 0 Å². The number of hydrogen-bond acceptors (Lipinski definition) is 3. The molecule has 1 amide bonds. The summed E-state index contributed by atoms with van der Waals surface area (Å²) in [5, 5.41) is 2.54. The van der Waals surface area contributed by atoms with Crippen LogP contribution < -0.4 is 5.32 Å². The van der Waals surface area contributed by atoms with Gasteiger partial charge in [0.25, 0.3) is 0 Å². The van der Waals surface area contributed by atoms with E-state index in [0.717, 1.165) is 0 Å². The molecule has 4 nitrogen and oxygen atoms in total. The van der Waals surface area contributed by atoms with E-state index in [0.29, 0.717) is 12.1 Å². The third kappa shape index (κ3) is 5.90. The van der Waals surface area contributed by atoms with Crippen LogP contribution in [0.5, 0.6) is 0 Å². The molecule has 0 aromatic heterocycles. The molecule has 0 rings (SSSR count). The minimum atomic E-state index is -0.433. The predicted molar refractivity (Wildman–Crippen MR) is 49.1 cm³/mol. The molecule has 0 aliphatic heterocycles. The fourth-order valence-electron chi connectivity index (χ4n) is 0.612. The highest BCUT2D eigenvalue weighted by atomic mass is 16.5. The average molecular weight is 185 g/mol. The summed E-state index contributed by atoms with van der Waals surface area (Å²) in [5.74, 6) is -0.573. The molecule has 1 atom stereocenters. The number of ether oxygens (including phenoxy) is 1. The molecule has 0 aromatic carbocycles. The molecule has 1 unspecified atom stereocenters. The highest BCUT2D eigenvalue weighted by molar-refractivity contribution is 5.87. The molecule has 4 heteroatoms. The van der Waals surface area contributed by atoms with Crippen LogP contribution >= 0.6 is 0 Å². The Morgan fingerprint density at radius 1 is 1.46 bits per heavy atom.